The molecule has 0 bridgehead atoms. The van der Waals surface area contributed by atoms with Crippen LogP contribution >= 0.6 is 0 Å². The van der Waals surface area contributed by atoms with Crippen LogP contribution < -0.4 is 0 Å². The molecule has 0 aliphatic heterocycles. The highest BCUT2D eigenvalue weighted by Gasteiger charge is 2.53. The van der Waals surface area contributed by atoms with Crippen LogP contribution in [-0.4, -0.2) is 5.78 Å². The van der Waals surface area contributed by atoms with Gasteiger partial charge in [-0.3, -0.25) is 4.79 Å². The van der Waals surface area contributed by atoms with E-state index in [0.717, 1.165) is 31.1 Å². The Morgan fingerprint density at radius 3 is 2.82 bits per heavy atom. The molecular formula is C21H26O. The first-order valence-corrected chi connectivity index (χ1v) is 9.01. The SMILES string of the molecule is CC#C[C@H]1CC[C@H]2[C@@H]3CCC4=CC(=O)CCC4=C3CC[C@]12C. The van der Waals surface area contributed by atoms with Gasteiger partial charge in [0.05, 0.1) is 0 Å². The Bertz CT molecular complexity index is 639. The van der Waals surface area contributed by atoms with Crippen molar-refractivity contribution in [2.45, 2.75) is 65.2 Å². The fraction of sp³-hybridized carbons (Fsp3) is 0.667. The lowest BCUT2D eigenvalue weighted by molar-refractivity contribution is -0.114. The fourth-order valence-corrected chi connectivity index (χ4v) is 5.94. The Hall–Kier alpha value is -1.29. The maximum atomic E-state index is 11.7. The molecule has 0 unspecified atom stereocenters. The Morgan fingerprint density at radius 1 is 1.14 bits per heavy atom. The van der Waals surface area contributed by atoms with Crippen LogP contribution in [0.5, 0.6) is 0 Å². The lowest BCUT2D eigenvalue weighted by Gasteiger charge is -2.48. The van der Waals surface area contributed by atoms with Gasteiger partial charge in [-0.25, -0.2) is 0 Å². The van der Waals surface area contributed by atoms with Crippen LogP contribution in [0.1, 0.15) is 65.2 Å². The summed E-state index contributed by atoms with van der Waals surface area (Å²) in [4.78, 5) is 11.7. The van der Waals surface area contributed by atoms with E-state index in [4.69, 9.17) is 0 Å². The lowest BCUT2D eigenvalue weighted by atomic mass is 9.56. The molecule has 2 fully saturated rings. The van der Waals surface area contributed by atoms with Crippen molar-refractivity contribution in [1.82, 2.24) is 0 Å². The van der Waals surface area contributed by atoms with Gasteiger partial charge in [-0.05, 0) is 86.3 Å². The van der Waals surface area contributed by atoms with Gasteiger partial charge >= 0.3 is 0 Å². The third-order valence-corrected chi connectivity index (χ3v) is 7.05. The molecule has 0 aromatic carbocycles. The third kappa shape index (κ3) is 1.96. The Balaban J connectivity index is 1.71. The number of carbonyl (C=O) groups excluding carboxylic acids is 1. The minimum atomic E-state index is 0.345. The molecule has 22 heavy (non-hydrogen) atoms. The molecule has 1 heteroatoms. The minimum Gasteiger partial charge on any atom is -0.295 e. The van der Waals surface area contributed by atoms with Crippen LogP contribution in [0.15, 0.2) is 22.8 Å². The summed E-state index contributed by atoms with van der Waals surface area (Å²) in [6, 6.07) is 0. The van der Waals surface area contributed by atoms with Crippen molar-refractivity contribution in [1.29, 1.82) is 0 Å². The van der Waals surface area contributed by atoms with Crippen LogP contribution in [0, 0.1) is 35.0 Å². The van der Waals surface area contributed by atoms with Gasteiger partial charge < -0.3 is 0 Å². The van der Waals surface area contributed by atoms with E-state index < -0.39 is 0 Å². The summed E-state index contributed by atoms with van der Waals surface area (Å²) in [6.07, 6.45) is 11.3. The van der Waals surface area contributed by atoms with Crippen molar-refractivity contribution in [2.75, 3.05) is 0 Å². The predicted molar refractivity (Wildman–Crippen MR) is 89.1 cm³/mol. The second-order valence-corrected chi connectivity index (χ2v) is 7.92. The molecule has 4 rings (SSSR count). The van der Waals surface area contributed by atoms with Crippen LogP contribution in [0.3, 0.4) is 0 Å². The average Bonchev–Trinajstić information content (AvgIpc) is 2.84. The Labute approximate surface area is 134 Å². The van der Waals surface area contributed by atoms with Crippen LogP contribution in [-0.2, 0) is 4.79 Å². The van der Waals surface area contributed by atoms with Gasteiger partial charge in [-0.2, -0.15) is 0 Å². The molecule has 116 valence electrons. The second kappa shape index (κ2) is 5.12. The van der Waals surface area contributed by atoms with Gasteiger partial charge in [0.2, 0.25) is 0 Å². The number of rotatable bonds is 0. The summed E-state index contributed by atoms with van der Waals surface area (Å²) in [5, 5.41) is 0. The van der Waals surface area contributed by atoms with E-state index in [0.29, 0.717) is 17.1 Å². The summed E-state index contributed by atoms with van der Waals surface area (Å²) in [5.74, 6) is 9.26. The highest BCUT2D eigenvalue weighted by molar-refractivity contribution is 5.93. The molecule has 0 spiro atoms. The lowest BCUT2D eigenvalue weighted by Crippen LogP contribution is -2.39. The molecule has 0 amide bonds. The quantitative estimate of drug-likeness (QED) is 0.585. The summed E-state index contributed by atoms with van der Waals surface area (Å²) in [7, 11) is 0. The molecule has 0 aromatic rings. The molecule has 2 saturated carbocycles. The summed E-state index contributed by atoms with van der Waals surface area (Å²) in [5.41, 5.74) is 5.14. The Morgan fingerprint density at radius 2 is 2.00 bits per heavy atom. The zero-order valence-corrected chi connectivity index (χ0v) is 13.9. The first-order chi connectivity index (χ1) is 10.6. The van der Waals surface area contributed by atoms with Gasteiger partial charge in [0.1, 0.15) is 0 Å². The van der Waals surface area contributed by atoms with E-state index in [1.54, 1.807) is 11.1 Å². The van der Waals surface area contributed by atoms with Crippen molar-refractivity contribution in [3.8, 4) is 11.8 Å². The largest absolute Gasteiger partial charge is 0.295 e. The van der Waals surface area contributed by atoms with Gasteiger partial charge in [0, 0.05) is 12.3 Å². The normalized spacial score (nSPS) is 40.2. The highest BCUT2D eigenvalue weighted by Crippen LogP contribution is 2.61. The van der Waals surface area contributed by atoms with E-state index in [1.165, 1.54) is 37.7 Å². The first kappa shape index (κ1) is 14.3. The Kier molecular flexibility index (Phi) is 3.33. The van der Waals surface area contributed by atoms with E-state index >= 15 is 0 Å². The van der Waals surface area contributed by atoms with Crippen molar-refractivity contribution >= 4 is 5.78 Å². The molecule has 1 nitrogen and oxygen atoms in total. The van der Waals surface area contributed by atoms with Crippen molar-refractivity contribution in [3.05, 3.63) is 22.8 Å². The van der Waals surface area contributed by atoms with Crippen LogP contribution in [0.4, 0.5) is 0 Å². The van der Waals surface area contributed by atoms with Crippen LogP contribution in [0.25, 0.3) is 0 Å². The molecule has 4 atom stereocenters. The smallest absolute Gasteiger partial charge is 0.156 e. The molecule has 4 aliphatic carbocycles. The third-order valence-electron chi connectivity index (χ3n) is 7.05. The van der Waals surface area contributed by atoms with E-state index in [1.807, 2.05) is 13.0 Å². The van der Waals surface area contributed by atoms with Gasteiger partial charge in [0.15, 0.2) is 5.78 Å². The number of hydrogen-bond acceptors (Lipinski definition) is 1. The number of allylic oxidation sites excluding steroid dienone is 4. The molecule has 0 radical (unpaired) electrons. The molecule has 0 N–H and O–H groups in total. The molecular weight excluding hydrogens is 268 g/mol. The van der Waals surface area contributed by atoms with Gasteiger partial charge in [-0.15, -0.1) is 5.92 Å². The van der Waals surface area contributed by atoms with Crippen molar-refractivity contribution in [2.24, 2.45) is 23.2 Å². The standard InChI is InChI=1S/C21H26O/c1-3-4-15-6-10-20-19-8-5-14-13-16(22)7-9-17(14)18(19)11-12-21(15,20)2/h13,15,19-20H,5-12H2,1-2H3/t15-,19+,20-,21+/m0/s1. The topological polar surface area (TPSA) is 17.1 Å². The number of ketones is 1. The number of carbonyl (C=O) groups is 1. The van der Waals surface area contributed by atoms with Gasteiger partial charge in [0.25, 0.3) is 0 Å². The summed E-state index contributed by atoms with van der Waals surface area (Å²) >= 11 is 0. The zero-order valence-electron chi connectivity index (χ0n) is 13.9. The summed E-state index contributed by atoms with van der Waals surface area (Å²) < 4.78 is 0. The number of hydrogen-bond donors (Lipinski definition) is 0. The monoisotopic (exact) mass is 294 g/mol. The molecule has 0 heterocycles. The highest BCUT2D eigenvalue weighted by atomic mass is 16.1. The van der Waals surface area contributed by atoms with E-state index in [2.05, 4.69) is 18.8 Å². The maximum absolute atomic E-state index is 11.7. The van der Waals surface area contributed by atoms with Gasteiger partial charge in [-0.1, -0.05) is 18.4 Å². The fourth-order valence-electron chi connectivity index (χ4n) is 5.94. The maximum Gasteiger partial charge on any atom is 0.156 e. The zero-order chi connectivity index (χ0) is 15.3. The molecule has 0 saturated heterocycles. The van der Waals surface area contributed by atoms with E-state index in [9.17, 15) is 4.79 Å². The number of fused-ring (bicyclic) bond motifs is 4. The van der Waals surface area contributed by atoms with Crippen molar-refractivity contribution < 1.29 is 4.79 Å². The molecule has 4 aliphatic rings. The van der Waals surface area contributed by atoms with E-state index in [-0.39, 0.29) is 0 Å². The minimum absolute atomic E-state index is 0.345. The molecule has 0 aromatic heterocycles. The summed E-state index contributed by atoms with van der Waals surface area (Å²) in [6.45, 7) is 4.50. The average molecular weight is 294 g/mol. The van der Waals surface area contributed by atoms with Crippen molar-refractivity contribution in [3.63, 3.8) is 0 Å². The predicted octanol–water partition coefficient (Wildman–Crippen LogP) is 4.83. The first-order valence-electron chi connectivity index (χ1n) is 9.01. The van der Waals surface area contributed by atoms with Crippen LogP contribution in [0.2, 0.25) is 0 Å². The second-order valence-electron chi connectivity index (χ2n) is 7.92.